The van der Waals surface area contributed by atoms with E-state index >= 15 is 0 Å². The highest BCUT2D eigenvalue weighted by atomic mass is 16.3. The van der Waals surface area contributed by atoms with Gasteiger partial charge in [0.2, 0.25) is 0 Å². The number of phenols is 2. The largest absolute Gasteiger partial charge is 0.508 e. The molecule has 0 bridgehead atoms. The van der Waals surface area contributed by atoms with E-state index in [2.05, 4.69) is 115 Å². The van der Waals surface area contributed by atoms with Crippen molar-refractivity contribution in [3.05, 3.63) is 130 Å². The summed E-state index contributed by atoms with van der Waals surface area (Å²) in [6, 6.07) is 34.2. The van der Waals surface area contributed by atoms with Crippen LogP contribution in [-0.2, 0) is 6.61 Å². The van der Waals surface area contributed by atoms with E-state index in [1.165, 1.54) is 16.7 Å². The summed E-state index contributed by atoms with van der Waals surface area (Å²) in [6.45, 7) is 21.9. The molecule has 4 rings (SSSR count). The van der Waals surface area contributed by atoms with Crippen LogP contribution < -0.4 is 0 Å². The summed E-state index contributed by atoms with van der Waals surface area (Å²) < 4.78 is 0. The van der Waals surface area contributed by atoms with Gasteiger partial charge in [-0.15, -0.1) is 0 Å². The third-order valence-corrected chi connectivity index (χ3v) is 9.62. The van der Waals surface area contributed by atoms with E-state index in [1.807, 2.05) is 42.5 Å². The average Bonchev–Trinajstić information content (AvgIpc) is 3.07. The van der Waals surface area contributed by atoms with Gasteiger partial charge in [-0.3, -0.25) is 9.80 Å². The molecule has 266 valence electrons. The van der Waals surface area contributed by atoms with Crippen molar-refractivity contribution in [2.75, 3.05) is 13.1 Å². The molecule has 3 N–H and O–H groups in total. The summed E-state index contributed by atoms with van der Waals surface area (Å²) in [5.41, 5.74) is 6.41. The number of rotatable bonds is 15. The van der Waals surface area contributed by atoms with Crippen LogP contribution in [0.2, 0.25) is 0 Å². The van der Waals surface area contributed by atoms with Crippen molar-refractivity contribution in [2.45, 2.75) is 118 Å². The number of aryl methyl sites for hydroxylation is 1. The van der Waals surface area contributed by atoms with Crippen molar-refractivity contribution in [3.8, 4) is 11.5 Å². The minimum atomic E-state index is -0.0150. The molecule has 0 spiro atoms. The third-order valence-electron chi connectivity index (χ3n) is 9.62. The lowest BCUT2D eigenvalue weighted by Gasteiger charge is -2.32. The Morgan fingerprint density at radius 2 is 0.898 bits per heavy atom. The molecule has 2 atom stereocenters. The van der Waals surface area contributed by atoms with E-state index in [0.29, 0.717) is 35.7 Å². The van der Waals surface area contributed by atoms with E-state index in [1.54, 1.807) is 12.1 Å². The van der Waals surface area contributed by atoms with Gasteiger partial charge >= 0.3 is 0 Å². The van der Waals surface area contributed by atoms with Crippen LogP contribution in [0.1, 0.15) is 113 Å². The van der Waals surface area contributed by atoms with Gasteiger partial charge in [-0.1, -0.05) is 84.4 Å². The molecule has 0 amide bonds. The van der Waals surface area contributed by atoms with Crippen LogP contribution >= 0.6 is 0 Å². The SMILES string of the molecule is CC(C)N(CC[C@H](c1ccccc1)c1cc(CO)ccc1O)C(C)C.Cc1ccc(O)c([C@H](CCN(C(C)C)C(C)C)c2ccccc2)c1. The first kappa shape index (κ1) is 39.8. The molecule has 0 unspecified atom stereocenters. The topological polar surface area (TPSA) is 67.2 Å². The molecule has 5 heteroatoms. The summed E-state index contributed by atoms with van der Waals surface area (Å²) in [5, 5.41) is 30.4. The first-order chi connectivity index (χ1) is 23.3. The van der Waals surface area contributed by atoms with E-state index in [9.17, 15) is 15.3 Å². The second-order valence-corrected chi connectivity index (χ2v) is 14.5. The van der Waals surface area contributed by atoms with Crippen LogP contribution in [0.3, 0.4) is 0 Å². The maximum atomic E-state index is 10.5. The molecule has 0 aliphatic heterocycles. The van der Waals surface area contributed by atoms with Gasteiger partial charge < -0.3 is 15.3 Å². The summed E-state index contributed by atoms with van der Waals surface area (Å²) in [7, 11) is 0. The van der Waals surface area contributed by atoms with Crippen molar-refractivity contribution in [3.63, 3.8) is 0 Å². The smallest absolute Gasteiger partial charge is 0.119 e. The first-order valence-electron chi connectivity index (χ1n) is 18.2. The number of hydrogen-bond donors (Lipinski definition) is 3. The van der Waals surface area contributed by atoms with Crippen LogP contribution in [0.25, 0.3) is 0 Å². The number of aliphatic hydroxyl groups is 1. The second kappa shape index (κ2) is 19.5. The number of hydrogen-bond acceptors (Lipinski definition) is 5. The highest BCUT2D eigenvalue weighted by molar-refractivity contribution is 5.44. The highest BCUT2D eigenvalue weighted by Gasteiger charge is 2.23. The summed E-state index contributed by atoms with van der Waals surface area (Å²) in [5.74, 6) is 1.01. The van der Waals surface area contributed by atoms with Gasteiger partial charge in [0.15, 0.2) is 0 Å². The Bertz CT molecular complexity index is 1500. The van der Waals surface area contributed by atoms with E-state index in [-0.39, 0.29) is 18.4 Å². The Labute approximate surface area is 297 Å². The number of benzene rings is 4. The van der Waals surface area contributed by atoms with Crippen molar-refractivity contribution in [1.29, 1.82) is 0 Å². The molecule has 0 aliphatic rings. The monoisotopic (exact) mass is 666 g/mol. The molecule has 0 aromatic heterocycles. The van der Waals surface area contributed by atoms with E-state index in [4.69, 9.17) is 0 Å². The fraction of sp³-hybridized carbons (Fsp3) is 0.455. The highest BCUT2D eigenvalue weighted by Crippen LogP contribution is 2.36. The normalized spacial score (nSPS) is 13.0. The molecule has 0 saturated carbocycles. The molecule has 4 aromatic carbocycles. The third kappa shape index (κ3) is 11.7. The maximum Gasteiger partial charge on any atom is 0.119 e. The first-order valence-corrected chi connectivity index (χ1v) is 18.2. The van der Waals surface area contributed by atoms with Gasteiger partial charge in [-0.25, -0.2) is 0 Å². The van der Waals surface area contributed by atoms with Gasteiger partial charge in [0, 0.05) is 47.1 Å². The number of phenolic OH excluding ortho intramolecular Hbond substituents is 2. The fourth-order valence-corrected chi connectivity index (χ4v) is 7.09. The molecule has 0 saturated heterocycles. The molecule has 5 nitrogen and oxygen atoms in total. The fourth-order valence-electron chi connectivity index (χ4n) is 7.09. The van der Waals surface area contributed by atoms with Crippen LogP contribution in [0, 0.1) is 6.92 Å². The lowest BCUT2D eigenvalue weighted by Crippen LogP contribution is -2.38. The predicted octanol–water partition coefficient (Wildman–Crippen LogP) is 9.87. The molecular formula is C44H62N2O3. The van der Waals surface area contributed by atoms with Gasteiger partial charge in [0.25, 0.3) is 0 Å². The van der Waals surface area contributed by atoms with Crippen LogP contribution in [0.5, 0.6) is 11.5 Å². The Kier molecular flexibility index (Phi) is 15.9. The lowest BCUT2D eigenvalue weighted by molar-refractivity contribution is 0.170. The van der Waals surface area contributed by atoms with Gasteiger partial charge in [-0.05, 0) is 123 Å². The quantitative estimate of drug-likeness (QED) is 0.118. The average molecular weight is 667 g/mol. The van der Waals surface area contributed by atoms with E-state index in [0.717, 1.165) is 42.6 Å². The van der Waals surface area contributed by atoms with Crippen molar-refractivity contribution in [1.82, 2.24) is 9.80 Å². The Morgan fingerprint density at radius 1 is 0.510 bits per heavy atom. The summed E-state index contributed by atoms with van der Waals surface area (Å²) >= 11 is 0. The van der Waals surface area contributed by atoms with Crippen molar-refractivity contribution in [2.24, 2.45) is 0 Å². The molecule has 0 heterocycles. The van der Waals surface area contributed by atoms with Gasteiger partial charge in [0.1, 0.15) is 11.5 Å². The van der Waals surface area contributed by atoms with E-state index < -0.39 is 0 Å². The molecule has 4 aromatic rings. The minimum Gasteiger partial charge on any atom is -0.508 e. The molecule has 0 aliphatic carbocycles. The number of aliphatic hydroxyl groups excluding tert-OH is 1. The Hall–Kier alpha value is -3.64. The zero-order chi connectivity index (χ0) is 36.1. The zero-order valence-corrected chi connectivity index (χ0v) is 31.5. The Morgan fingerprint density at radius 3 is 1.29 bits per heavy atom. The second-order valence-electron chi connectivity index (χ2n) is 14.5. The lowest BCUT2D eigenvalue weighted by atomic mass is 9.86. The summed E-state index contributed by atoms with van der Waals surface area (Å²) in [4.78, 5) is 4.99. The Balaban J connectivity index is 0.000000266. The zero-order valence-electron chi connectivity index (χ0n) is 31.5. The van der Waals surface area contributed by atoms with Crippen LogP contribution in [0.15, 0.2) is 97.1 Å². The van der Waals surface area contributed by atoms with Gasteiger partial charge in [-0.2, -0.15) is 0 Å². The van der Waals surface area contributed by atoms with Crippen LogP contribution in [0.4, 0.5) is 0 Å². The summed E-state index contributed by atoms with van der Waals surface area (Å²) in [6.07, 6.45) is 1.92. The predicted molar refractivity (Wildman–Crippen MR) is 207 cm³/mol. The van der Waals surface area contributed by atoms with Gasteiger partial charge in [0.05, 0.1) is 6.61 Å². The standard InChI is InChI=1S/C22H31NO2.C22H31NO/c1-16(2)23(17(3)4)13-12-20(19-8-6-5-7-9-19)21-14-18(15-24)10-11-22(21)25;1-16(2)23(17(3)4)14-13-20(19-9-7-6-8-10-19)21-15-18(5)11-12-22(21)24/h5-11,14,16-17,20,24-25H,12-13,15H2,1-4H3;6-12,15-17,20,24H,13-14H2,1-5H3/t2*20-/m11/s1. The maximum absolute atomic E-state index is 10.5. The molecular weight excluding hydrogens is 604 g/mol. The minimum absolute atomic E-state index is 0.0150. The molecule has 0 fully saturated rings. The number of aromatic hydroxyl groups is 2. The molecule has 0 radical (unpaired) electrons. The van der Waals surface area contributed by atoms with Crippen LogP contribution in [-0.4, -0.2) is 62.4 Å². The van der Waals surface area contributed by atoms with Crippen molar-refractivity contribution >= 4 is 0 Å². The van der Waals surface area contributed by atoms with Crippen molar-refractivity contribution < 1.29 is 15.3 Å². The molecule has 49 heavy (non-hydrogen) atoms. The number of nitrogens with zero attached hydrogens (tertiary/aromatic N) is 2.